The smallest absolute Gasteiger partial charge is 0.0843 e. The van der Waals surface area contributed by atoms with Crippen molar-refractivity contribution in [2.75, 3.05) is 0 Å². The fraction of sp³-hybridized carbons (Fsp3) is 0.273. The summed E-state index contributed by atoms with van der Waals surface area (Å²) < 4.78 is 11.7. The maximum absolute atomic E-state index is 11.7. The van der Waals surface area contributed by atoms with E-state index in [0.717, 1.165) is 5.56 Å². The second-order valence-electron chi connectivity index (χ2n) is 3.22. The predicted molar refractivity (Wildman–Crippen MR) is 58.4 cm³/mol. The van der Waals surface area contributed by atoms with Gasteiger partial charge < -0.3 is 5.11 Å². The lowest BCUT2D eigenvalue weighted by Gasteiger charge is -2.08. The van der Waals surface area contributed by atoms with Gasteiger partial charge in [0.05, 0.1) is 16.9 Å². The van der Waals surface area contributed by atoms with Crippen molar-refractivity contribution in [2.24, 2.45) is 0 Å². The van der Waals surface area contributed by atoms with E-state index < -0.39 is 16.9 Å². The van der Waals surface area contributed by atoms with E-state index in [1.165, 1.54) is 0 Å². The van der Waals surface area contributed by atoms with Gasteiger partial charge in [0.1, 0.15) is 0 Å². The highest BCUT2D eigenvalue weighted by molar-refractivity contribution is 7.89. The lowest BCUT2D eigenvalue weighted by atomic mass is 10.2. The molecule has 0 aliphatic heterocycles. The van der Waals surface area contributed by atoms with Gasteiger partial charge in [-0.1, -0.05) is 24.3 Å². The normalized spacial score (nSPS) is 14.8. The molecule has 0 heterocycles. The van der Waals surface area contributed by atoms with Crippen molar-refractivity contribution in [3.05, 3.63) is 41.3 Å². The number of aryl methyl sites for hydroxylation is 1. The first kappa shape index (κ1) is 11.1. The van der Waals surface area contributed by atoms with Crippen LogP contribution in [-0.4, -0.2) is 15.4 Å². The summed E-state index contributed by atoms with van der Waals surface area (Å²) in [6.45, 7) is 7.14. The van der Waals surface area contributed by atoms with Gasteiger partial charge in [0.2, 0.25) is 0 Å². The van der Waals surface area contributed by atoms with Crippen molar-refractivity contribution in [2.45, 2.75) is 24.8 Å². The third kappa shape index (κ3) is 2.53. The molecule has 1 rings (SSSR count). The van der Waals surface area contributed by atoms with Crippen LogP contribution in [0.3, 0.4) is 0 Å². The lowest BCUT2D eigenvalue weighted by molar-refractivity contribution is 0.240. The molecule has 76 valence electrons. The molecule has 0 aliphatic rings. The van der Waals surface area contributed by atoms with Crippen molar-refractivity contribution in [1.29, 1.82) is 0 Å². The Morgan fingerprint density at radius 2 is 1.93 bits per heavy atom. The van der Waals surface area contributed by atoms with Gasteiger partial charge in [-0.3, -0.25) is 0 Å². The minimum Gasteiger partial charge on any atom is -0.388 e. The van der Waals surface area contributed by atoms with Crippen LogP contribution in [0.25, 0.3) is 0 Å². The molecule has 2 nitrogen and oxygen atoms in total. The number of aliphatic hydroxyl groups excluding tert-OH is 1. The first-order chi connectivity index (χ1) is 6.52. The second kappa shape index (κ2) is 4.53. The van der Waals surface area contributed by atoms with E-state index >= 15 is 0 Å². The van der Waals surface area contributed by atoms with Crippen LogP contribution in [0.5, 0.6) is 0 Å². The highest BCUT2D eigenvalue weighted by atomic mass is 32.2. The molecule has 0 saturated carbocycles. The van der Waals surface area contributed by atoms with Crippen LogP contribution >= 0.6 is 0 Å². The van der Waals surface area contributed by atoms with Crippen LogP contribution in [0.15, 0.2) is 40.6 Å². The highest BCUT2D eigenvalue weighted by Gasteiger charge is 2.12. The maximum atomic E-state index is 11.7. The largest absolute Gasteiger partial charge is 0.388 e. The third-order valence-electron chi connectivity index (χ3n) is 1.94. The fourth-order valence-electron chi connectivity index (χ4n) is 0.968. The second-order valence-corrected chi connectivity index (χ2v) is 4.76. The highest BCUT2D eigenvalue weighted by Crippen LogP contribution is 2.16. The van der Waals surface area contributed by atoms with Crippen molar-refractivity contribution >= 4 is 10.8 Å². The van der Waals surface area contributed by atoms with E-state index in [2.05, 4.69) is 6.58 Å². The standard InChI is InChI=1S/C11H14O2S/c1-8-4-6-11(7-5-8)14(13)10(3)9(2)12/h4-7,9,12H,3H2,1-2H3/t9?,14-/m1/s1. The van der Waals surface area contributed by atoms with Crippen LogP contribution in [0, 0.1) is 6.92 Å². The molecule has 1 aromatic rings. The Kier molecular flexibility index (Phi) is 3.61. The Bertz CT molecular complexity index is 352. The zero-order valence-electron chi connectivity index (χ0n) is 8.36. The van der Waals surface area contributed by atoms with Crippen molar-refractivity contribution < 1.29 is 9.32 Å². The molecule has 3 heteroatoms. The fourth-order valence-corrected chi connectivity index (χ4v) is 1.96. The lowest BCUT2D eigenvalue weighted by Crippen LogP contribution is -2.08. The average molecular weight is 210 g/mol. The van der Waals surface area contributed by atoms with Crippen molar-refractivity contribution in [3.8, 4) is 0 Å². The Labute approximate surface area is 86.7 Å². The monoisotopic (exact) mass is 210 g/mol. The summed E-state index contributed by atoms with van der Waals surface area (Å²) >= 11 is 0. The van der Waals surface area contributed by atoms with Crippen molar-refractivity contribution in [3.63, 3.8) is 0 Å². The SMILES string of the molecule is C=C(C(C)O)[S@@](=O)c1ccc(C)cc1. The summed E-state index contributed by atoms with van der Waals surface area (Å²) in [6, 6.07) is 7.36. The Hall–Kier alpha value is -0.930. The van der Waals surface area contributed by atoms with Gasteiger partial charge in [-0.05, 0) is 26.0 Å². The Morgan fingerprint density at radius 3 is 2.36 bits per heavy atom. The van der Waals surface area contributed by atoms with Gasteiger partial charge in [-0.25, -0.2) is 4.21 Å². The molecule has 1 N–H and O–H groups in total. The van der Waals surface area contributed by atoms with Crippen LogP contribution in [0.4, 0.5) is 0 Å². The first-order valence-corrected chi connectivity index (χ1v) is 5.52. The third-order valence-corrected chi connectivity index (χ3v) is 3.46. The number of hydrogen-bond acceptors (Lipinski definition) is 2. The summed E-state index contributed by atoms with van der Waals surface area (Å²) in [6.07, 6.45) is -0.739. The minimum atomic E-state index is -1.31. The van der Waals surface area contributed by atoms with Crippen LogP contribution in [0.1, 0.15) is 12.5 Å². The van der Waals surface area contributed by atoms with E-state index in [9.17, 15) is 9.32 Å². The quantitative estimate of drug-likeness (QED) is 0.828. The molecule has 2 atom stereocenters. The number of aliphatic hydroxyl groups is 1. The number of benzene rings is 1. The van der Waals surface area contributed by atoms with Gasteiger partial charge in [0.15, 0.2) is 0 Å². The van der Waals surface area contributed by atoms with Gasteiger partial charge in [-0.15, -0.1) is 0 Å². The zero-order valence-corrected chi connectivity index (χ0v) is 9.17. The molecule has 14 heavy (non-hydrogen) atoms. The maximum Gasteiger partial charge on any atom is 0.0843 e. The zero-order chi connectivity index (χ0) is 10.7. The summed E-state index contributed by atoms with van der Waals surface area (Å²) in [5.41, 5.74) is 1.12. The first-order valence-electron chi connectivity index (χ1n) is 4.37. The number of hydrogen-bond donors (Lipinski definition) is 1. The van der Waals surface area contributed by atoms with E-state index in [-0.39, 0.29) is 0 Å². The van der Waals surface area contributed by atoms with Gasteiger partial charge >= 0.3 is 0 Å². The van der Waals surface area contributed by atoms with Gasteiger partial charge in [-0.2, -0.15) is 0 Å². The van der Waals surface area contributed by atoms with E-state index in [1.54, 1.807) is 19.1 Å². The summed E-state index contributed by atoms with van der Waals surface area (Å²) in [5, 5.41) is 9.21. The molecule has 0 saturated heterocycles. The van der Waals surface area contributed by atoms with E-state index in [1.807, 2.05) is 19.1 Å². The molecule has 0 spiro atoms. The molecule has 0 bridgehead atoms. The molecule has 0 radical (unpaired) electrons. The molecular formula is C11H14O2S. The van der Waals surface area contributed by atoms with Gasteiger partial charge in [0, 0.05) is 9.80 Å². The Balaban J connectivity index is 2.90. The summed E-state index contributed by atoms with van der Waals surface area (Å²) in [5.74, 6) is 0. The molecule has 0 fully saturated rings. The average Bonchev–Trinajstić information content (AvgIpc) is 2.16. The van der Waals surface area contributed by atoms with Crippen LogP contribution < -0.4 is 0 Å². The van der Waals surface area contributed by atoms with Crippen molar-refractivity contribution in [1.82, 2.24) is 0 Å². The molecule has 0 aliphatic carbocycles. The molecular weight excluding hydrogens is 196 g/mol. The molecule has 0 amide bonds. The van der Waals surface area contributed by atoms with E-state index in [0.29, 0.717) is 9.80 Å². The summed E-state index contributed by atoms with van der Waals surface area (Å²) in [4.78, 5) is 1.02. The topological polar surface area (TPSA) is 37.3 Å². The molecule has 0 aromatic heterocycles. The van der Waals surface area contributed by atoms with E-state index in [4.69, 9.17) is 0 Å². The molecule has 1 aromatic carbocycles. The predicted octanol–water partition coefficient (Wildman–Crippen LogP) is 2.00. The molecule has 1 unspecified atom stereocenters. The Morgan fingerprint density at radius 1 is 1.43 bits per heavy atom. The summed E-state index contributed by atoms with van der Waals surface area (Å²) in [7, 11) is -1.31. The van der Waals surface area contributed by atoms with Crippen LogP contribution in [0.2, 0.25) is 0 Å². The van der Waals surface area contributed by atoms with Gasteiger partial charge in [0.25, 0.3) is 0 Å². The minimum absolute atomic E-state index is 0.342. The van der Waals surface area contributed by atoms with Crippen LogP contribution in [-0.2, 0) is 10.8 Å². The number of rotatable bonds is 3.